The second-order valence-corrected chi connectivity index (χ2v) is 15.8. The SMILES string of the molecule is c1ccc(-n2c3ccccc3c3cc(-c4ccc(C5c6c(c7ccccc7c7ccccc67)Sc6c5c5ccccc5c5ccccc65)cc4)ccc32)cc1. The van der Waals surface area contributed by atoms with Gasteiger partial charge in [0.2, 0.25) is 0 Å². The summed E-state index contributed by atoms with van der Waals surface area (Å²) >= 11 is 1.97. The van der Waals surface area contributed by atoms with Crippen LogP contribution in [0.3, 0.4) is 0 Å². The number of nitrogens with zero attached hydrogens (tertiary/aromatic N) is 1. The maximum Gasteiger partial charge on any atom is 0.0541 e. The number of benzene rings is 10. The number of aromatic nitrogens is 1. The highest BCUT2D eigenvalue weighted by Crippen LogP contribution is 2.57. The van der Waals surface area contributed by atoms with Gasteiger partial charge < -0.3 is 4.57 Å². The molecule has 1 aliphatic rings. The number of rotatable bonds is 3. The fourth-order valence-electron chi connectivity index (χ4n) is 9.52. The van der Waals surface area contributed by atoms with Crippen LogP contribution in [0.2, 0.25) is 0 Å². The zero-order valence-corrected chi connectivity index (χ0v) is 30.7. The normalized spacial score (nSPS) is 12.9. The van der Waals surface area contributed by atoms with Crippen LogP contribution in [0.25, 0.3) is 81.7 Å². The Morgan fingerprint density at radius 2 is 0.764 bits per heavy atom. The van der Waals surface area contributed by atoms with E-state index in [1.165, 1.54) is 108 Å². The first-order valence-corrected chi connectivity index (χ1v) is 19.9. The van der Waals surface area contributed by atoms with Gasteiger partial charge in [-0.25, -0.2) is 0 Å². The fraction of sp³-hybridized carbons (Fsp3) is 0.0189. The molecular formula is C53H33NS. The number of hydrogen-bond donors (Lipinski definition) is 0. The molecule has 0 amide bonds. The predicted octanol–water partition coefficient (Wildman–Crippen LogP) is 14.7. The molecule has 1 nitrogen and oxygen atoms in total. The van der Waals surface area contributed by atoms with Crippen LogP contribution in [-0.2, 0) is 0 Å². The van der Waals surface area contributed by atoms with Gasteiger partial charge in [0.05, 0.1) is 11.0 Å². The lowest BCUT2D eigenvalue weighted by Crippen LogP contribution is -2.12. The number of fused-ring (bicyclic) bond motifs is 15. The zero-order valence-electron chi connectivity index (χ0n) is 29.9. The van der Waals surface area contributed by atoms with E-state index in [1.807, 2.05) is 11.8 Å². The summed E-state index contributed by atoms with van der Waals surface area (Å²) in [5.41, 5.74) is 10.2. The van der Waals surface area contributed by atoms with E-state index in [4.69, 9.17) is 0 Å². The molecule has 2 heteroatoms. The molecule has 10 aromatic carbocycles. The van der Waals surface area contributed by atoms with Crippen molar-refractivity contribution >= 4 is 76.7 Å². The molecule has 0 N–H and O–H groups in total. The van der Waals surface area contributed by atoms with Crippen molar-refractivity contribution in [1.82, 2.24) is 4.57 Å². The molecule has 11 aromatic rings. The minimum atomic E-state index is 0.0515. The zero-order chi connectivity index (χ0) is 36.0. The average molecular weight is 716 g/mol. The lowest BCUT2D eigenvalue weighted by atomic mass is 9.78. The molecule has 256 valence electrons. The molecule has 1 aromatic heterocycles. The standard InChI is InChI=1S/C53H33NS/c1-2-14-36(15-3-1)54-47-25-13-12-20-41(47)46-32-35(30-31-48(46)54)33-26-28-34(29-27-33)49-50-42-21-8-4-16-37(42)39-18-6-10-23-44(39)52(50)55-53-45-24-11-7-19-40(45)38-17-5-9-22-43(38)51(49)53/h1-32,49H. The summed E-state index contributed by atoms with van der Waals surface area (Å²) in [6.07, 6.45) is 0. The van der Waals surface area contributed by atoms with Crippen molar-refractivity contribution in [3.05, 3.63) is 211 Å². The first-order valence-electron chi connectivity index (χ1n) is 19.1. The van der Waals surface area contributed by atoms with Crippen molar-refractivity contribution < 1.29 is 0 Å². The quantitative estimate of drug-likeness (QED) is 0.165. The van der Waals surface area contributed by atoms with Crippen LogP contribution in [0.15, 0.2) is 204 Å². The molecule has 55 heavy (non-hydrogen) atoms. The van der Waals surface area contributed by atoms with Gasteiger partial charge in [0.15, 0.2) is 0 Å². The maximum atomic E-state index is 2.40. The summed E-state index contributed by atoms with van der Waals surface area (Å²) in [6.45, 7) is 0. The van der Waals surface area contributed by atoms with Crippen LogP contribution in [0.5, 0.6) is 0 Å². The van der Waals surface area contributed by atoms with Gasteiger partial charge in [0, 0.05) is 32.2 Å². The van der Waals surface area contributed by atoms with Gasteiger partial charge in [-0.1, -0.05) is 176 Å². The van der Waals surface area contributed by atoms with Crippen molar-refractivity contribution in [3.63, 3.8) is 0 Å². The Hall–Kier alpha value is -6.61. The Balaban J connectivity index is 1.10. The molecule has 0 unspecified atom stereocenters. The van der Waals surface area contributed by atoms with Crippen molar-refractivity contribution in [2.24, 2.45) is 0 Å². The van der Waals surface area contributed by atoms with Crippen LogP contribution in [-0.4, -0.2) is 4.57 Å². The van der Waals surface area contributed by atoms with E-state index in [2.05, 4.69) is 199 Å². The van der Waals surface area contributed by atoms with Gasteiger partial charge in [0.1, 0.15) is 0 Å². The third kappa shape index (κ3) is 4.49. The van der Waals surface area contributed by atoms with Gasteiger partial charge in [-0.15, -0.1) is 0 Å². The van der Waals surface area contributed by atoms with Gasteiger partial charge in [-0.2, -0.15) is 0 Å². The van der Waals surface area contributed by atoms with Gasteiger partial charge in [-0.3, -0.25) is 0 Å². The van der Waals surface area contributed by atoms with Crippen LogP contribution in [0.1, 0.15) is 22.6 Å². The van der Waals surface area contributed by atoms with Gasteiger partial charge in [-0.05, 0) is 101 Å². The highest BCUT2D eigenvalue weighted by atomic mass is 32.2. The Morgan fingerprint density at radius 3 is 1.35 bits per heavy atom. The van der Waals surface area contributed by atoms with Crippen molar-refractivity contribution in [1.29, 1.82) is 0 Å². The van der Waals surface area contributed by atoms with Gasteiger partial charge >= 0.3 is 0 Å². The minimum Gasteiger partial charge on any atom is -0.309 e. The molecule has 0 radical (unpaired) electrons. The minimum absolute atomic E-state index is 0.0515. The highest BCUT2D eigenvalue weighted by Gasteiger charge is 2.34. The van der Waals surface area contributed by atoms with E-state index in [9.17, 15) is 0 Å². The van der Waals surface area contributed by atoms with E-state index in [0.717, 1.165) is 0 Å². The first-order chi connectivity index (χ1) is 27.3. The molecule has 2 heterocycles. The fourth-order valence-corrected chi connectivity index (χ4v) is 11.0. The molecule has 0 saturated carbocycles. The molecule has 0 fully saturated rings. The van der Waals surface area contributed by atoms with Gasteiger partial charge in [0.25, 0.3) is 0 Å². The van der Waals surface area contributed by atoms with Crippen LogP contribution in [0, 0.1) is 0 Å². The van der Waals surface area contributed by atoms with Crippen molar-refractivity contribution in [2.45, 2.75) is 15.7 Å². The average Bonchev–Trinajstić information content (AvgIpc) is 3.60. The lowest BCUT2D eigenvalue weighted by molar-refractivity contribution is 0.938. The Labute approximate surface area is 323 Å². The van der Waals surface area contributed by atoms with Crippen molar-refractivity contribution in [3.8, 4) is 16.8 Å². The third-order valence-corrected chi connectivity index (χ3v) is 13.2. The van der Waals surface area contributed by atoms with Crippen LogP contribution < -0.4 is 0 Å². The van der Waals surface area contributed by atoms with E-state index in [1.54, 1.807) is 0 Å². The second-order valence-electron chi connectivity index (χ2n) is 14.7. The lowest BCUT2D eigenvalue weighted by Gasteiger charge is -2.33. The van der Waals surface area contributed by atoms with E-state index < -0.39 is 0 Å². The predicted molar refractivity (Wildman–Crippen MR) is 234 cm³/mol. The highest BCUT2D eigenvalue weighted by molar-refractivity contribution is 8.00. The maximum absolute atomic E-state index is 2.40. The summed E-state index contributed by atoms with van der Waals surface area (Å²) in [4.78, 5) is 2.74. The molecule has 0 atom stereocenters. The smallest absolute Gasteiger partial charge is 0.0541 e. The Morgan fingerprint density at radius 1 is 0.327 bits per heavy atom. The third-order valence-electron chi connectivity index (χ3n) is 11.9. The number of hydrogen-bond acceptors (Lipinski definition) is 1. The summed E-state index contributed by atoms with van der Waals surface area (Å²) in [5, 5.41) is 13.1. The number of para-hydroxylation sites is 2. The molecule has 0 aliphatic carbocycles. The molecule has 12 rings (SSSR count). The monoisotopic (exact) mass is 715 g/mol. The van der Waals surface area contributed by atoms with Crippen molar-refractivity contribution in [2.75, 3.05) is 0 Å². The Bertz CT molecular complexity index is 3210. The summed E-state index contributed by atoms with van der Waals surface area (Å²) in [7, 11) is 0. The topological polar surface area (TPSA) is 4.93 Å². The molecule has 0 bridgehead atoms. The van der Waals surface area contributed by atoms with E-state index in [0.29, 0.717) is 0 Å². The Kier molecular flexibility index (Phi) is 6.69. The largest absolute Gasteiger partial charge is 0.309 e. The van der Waals surface area contributed by atoms with E-state index in [-0.39, 0.29) is 5.92 Å². The summed E-state index contributed by atoms with van der Waals surface area (Å²) in [5.74, 6) is 0.0515. The van der Waals surface area contributed by atoms with Crippen LogP contribution in [0.4, 0.5) is 0 Å². The van der Waals surface area contributed by atoms with Crippen LogP contribution >= 0.6 is 11.8 Å². The summed E-state index contributed by atoms with van der Waals surface area (Å²) < 4.78 is 2.38. The molecule has 1 aliphatic heterocycles. The first kappa shape index (κ1) is 30.8. The van der Waals surface area contributed by atoms with E-state index >= 15 is 0 Å². The summed E-state index contributed by atoms with van der Waals surface area (Å²) in [6, 6.07) is 72.0. The molecule has 0 spiro atoms. The molecule has 0 saturated heterocycles. The molecular weight excluding hydrogens is 683 g/mol. The second kappa shape index (κ2) is 11.9.